The Bertz CT molecular complexity index is 1870. The molecule has 0 radical (unpaired) electrons. The molecule has 2 atom stereocenters. The number of hydrogen-bond donors (Lipinski definition) is 2. The first-order valence-corrected chi connectivity index (χ1v) is 20.5. The van der Waals surface area contributed by atoms with Gasteiger partial charge in [-0.3, -0.25) is 24.4 Å². The molecule has 3 aliphatic rings. The first kappa shape index (κ1) is 39.6. The Hall–Kier alpha value is -4.13. The molecule has 54 heavy (non-hydrogen) atoms. The Labute approximate surface area is 325 Å². The van der Waals surface area contributed by atoms with Gasteiger partial charge < -0.3 is 10.2 Å². The van der Waals surface area contributed by atoms with Crippen molar-refractivity contribution in [1.82, 2.24) is 9.80 Å². The molecule has 0 saturated heterocycles. The van der Waals surface area contributed by atoms with Gasteiger partial charge in [0.2, 0.25) is 0 Å². The van der Waals surface area contributed by atoms with E-state index in [0.29, 0.717) is 11.5 Å². The number of phenols is 2. The van der Waals surface area contributed by atoms with Gasteiger partial charge in [0.25, 0.3) is 0 Å². The maximum absolute atomic E-state index is 11.7. The number of hydrogen-bond acceptors (Lipinski definition) is 6. The summed E-state index contributed by atoms with van der Waals surface area (Å²) in [6.45, 7) is 26.0. The molecule has 3 aromatic rings. The van der Waals surface area contributed by atoms with E-state index in [1.807, 2.05) is 12.4 Å². The number of phenolic OH excluding ortho intramolecular Hbond substituents is 2. The van der Waals surface area contributed by atoms with Gasteiger partial charge in [-0.2, -0.15) is 0 Å². The van der Waals surface area contributed by atoms with Crippen LogP contribution in [0.5, 0.6) is 11.5 Å². The first-order valence-electron chi connectivity index (χ1n) is 20.5. The second-order valence-corrected chi connectivity index (χ2v) is 19.0. The number of aryl methyl sites for hydroxylation is 1. The van der Waals surface area contributed by atoms with E-state index in [-0.39, 0.29) is 28.3 Å². The number of aliphatic imine (C=N–C) groups is 2. The average molecular weight is 733 g/mol. The van der Waals surface area contributed by atoms with Gasteiger partial charge >= 0.3 is 5.96 Å². The second-order valence-electron chi connectivity index (χ2n) is 19.0. The number of aromatic hydroxyl groups is 2. The number of rotatable bonds is 10. The van der Waals surface area contributed by atoms with E-state index >= 15 is 0 Å². The molecule has 1 fully saturated rings. The van der Waals surface area contributed by atoms with Crippen molar-refractivity contribution in [2.24, 2.45) is 9.98 Å². The molecule has 7 heteroatoms. The van der Waals surface area contributed by atoms with Crippen molar-refractivity contribution in [1.29, 1.82) is 0 Å². The first-order chi connectivity index (χ1) is 25.5. The molecule has 6 rings (SSSR count). The van der Waals surface area contributed by atoms with Gasteiger partial charge in [0.1, 0.15) is 11.5 Å². The highest BCUT2D eigenvalue weighted by Crippen LogP contribution is 2.38. The summed E-state index contributed by atoms with van der Waals surface area (Å²) in [5.41, 5.74) is 6.97. The third kappa shape index (κ3) is 9.21. The van der Waals surface area contributed by atoms with Crippen LogP contribution >= 0.6 is 0 Å². The summed E-state index contributed by atoms with van der Waals surface area (Å²) >= 11 is 0. The highest BCUT2D eigenvalue weighted by Gasteiger charge is 2.39. The van der Waals surface area contributed by atoms with Crippen molar-refractivity contribution in [3.8, 4) is 11.5 Å². The Balaban J connectivity index is 1.18. The number of guanidine groups is 1. The molecular weight excluding hydrogens is 667 g/mol. The SMILES string of the molecule is CC(C)(C)c1cc(C=NC2CCCCC2N=Cc2cc(C(C)(C)C)cc(C(C)(C)C)c2O)c(O)c(CCCN2CC[N+]3=C2N(Cc2ccccc2)CC3)c1. The molecular formula is C47H66N5O2+. The van der Waals surface area contributed by atoms with Gasteiger partial charge in [0, 0.05) is 29.1 Å². The van der Waals surface area contributed by atoms with Gasteiger partial charge in [-0.25, -0.2) is 0 Å². The molecule has 290 valence electrons. The van der Waals surface area contributed by atoms with Crippen LogP contribution < -0.4 is 0 Å². The van der Waals surface area contributed by atoms with E-state index in [2.05, 4.69) is 131 Å². The van der Waals surface area contributed by atoms with Gasteiger partial charge in [0.05, 0.1) is 51.4 Å². The van der Waals surface area contributed by atoms with Crippen molar-refractivity contribution in [2.75, 3.05) is 32.7 Å². The maximum atomic E-state index is 11.7. The van der Waals surface area contributed by atoms with Gasteiger partial charge in [0.15, 0.2) is 0 Å². The summed E-state index contributed by atoms with van der Waals surface area (Å²) in [5.74, 6) is 2.04. The molecule has 2 heterocycles. The minimum atomic E-state index is -0.192. The van der Waals surface area contributed by atoms with Gasteiger partial charge in [-0.1, -0.05) is 118 Å². The van der Waals surface area contributed by atoms with E-state index in [0.717, 1.165) is 100 Å². The third-order valence-electron chi connectivity index (χ3n) is 11.6. The highest BCUT2D eigenvalue weighted by atomic mass is 16.3. The molecule has 0 aromatic heterocycles. The smallest absolute Gasteiger partial charge is 0.351 e. The monoisotopic (exact) mass is 733 g/mol. The van der Waals surface area contributed by atoms with E-state index in [1.54, 1.807) is 0 Å². The fourth-order valence-electron chi connectivity index (χ4n) is 8.21. The van der Waals surface area contributed by atoms with Crippen LogP contribution in [0.4, 0.5) is 0 Å². The molecule has 2 aliphatic heterocycles. The van der Waals surface area contributed by atoms with Crippen LogP contribution in [-0.2, 0) is 29.2 Å². The second kappa shape index (κ2) is 15.9. The fraction of sp³-hybridized carbons (Fsp3) is 0.553. The lowest BCUT2D eigenvalue weighted by Crippen LogP contribution is -2.41. The largest absolute Gasteiger partial charge is 0.507 e. The van der Waals surface area contributed by atoms with Crippen LogP contribution in [0.15, 0.2) is 64.6 Å². The molecule has 1 aliphatic carbocycles. The third-order valence-corrected chi connectivity index (χ3v) is 11.6. The number of benzene rings is 3. The number of nitrogens with zero attached hydrogens (tertiary/aromatic N) is 5. The summed E-state index contributed by atoms with van der Waals surface area (Å²) < 4.78 is 2.53. The Morgan fingerprint density at radius 2 is 1.26 bits per heavy atom. The lowest BCUT2D eigenvalue weighted by molar-refractivity contribution is -0.508. The summed E-state index contributed by atoms with van der Waals surface area (Å²) in [4.78, 5) is 15.3. The summed E-state index contributed by atoms with van der Waals surface area (Å²) in [5, 5.41) is 23.1. The molecule has 0 bridgehead atoms. The fourth-order valence-corrected chi connectivity index (χ4v) is 8.21. The predicted octanol–water partition coefficient (Wildman–Crippen LogP) is 8.97. The van der Waals surface area contributed by atoms with Gasteiger partial charge in [-0.15, -0.1) is 0 Å². The zero-order valence-corrected chi connectivity index (χ0v) is 34.6. The average Bonchev–Trinajstić information content (AvgIpc) is 3.70. The molecule has 1 saturated carbocycles. The van der Waals surface area contributed by atoms with Crippen LogP contribution in [0, 0.1) is 0 Å². The minimum Gasteiger partial charge on any atom is -0.507 e. The minimum absolute atomic E-state index is 0.0200. The van der Waals surface area contributed by atoms with Gasteiger partial charge in [-0.05, 0) is 76.3 Å². The van der Waals surface area contributed by atoms with Crippen molar-refractivity contribution < 1.29 is 14.8 Å². The van der Waals surface area contributed by atoms with Crippen LogP contribution in [0.1, 0.15) is 133 Å². The zero-order chi connectivity index (χ0) is 38.8. The van der Waals surface area contributed by atoms with Crippen molar-refractivity contribution in [2.45, 2.75) is 136 Å². The summed E-state index contributed by atoms with van der Waals surface area (Å²) in [6, 6.07) is 19.4. The van der Waals surface area contributed by atoms with E-state index < -0.39 is 0 Å². The summed E-state index contributed by atoms with van der Waals surface area (Å²) in [6.07, 6.45) is 9.72. The van der Waals surface area contributed by atoms with Crippen LogP contribution in [-0.4, -0.2) is 87.8 Å². The Morgan fingerprint density at radius 1 is 0.704 bits per heavy atom. The lowest BCUT2D eigenvalue weighted by atomic mass is 9.79. The molecule has 2 N–H and O–H groups in total. The predicted molar refractivity (Wildman–Crippen MR) is 225 cm³/mol. The molecule has 2 unspecified atom stereocenters. The lowest BCUT2D eigenvalue weighted by Gasteiger charge is -2.28. The van der Waals surface area contributed by atoms with Crippen LogP contribution in [0.3, 0.4) is 0 Å². The Kier molecular flexibility index (Phi) is 11.7. The quantitative estimate of drug-likeness (QED) is 0.161. The standard InChI is InChI=1S/C47H65N5O2/c1-45(2,3)37-26-34(18-15-21-50-22-23-51-24-25-52(44(50)51)32-33-16-11-10-12-17-33)42(53)35(27-37)30-48-40-19-13-14-20-41(40)49-31-36-28-38(46(4,5)6)29-39(43(36)54)47(7,8)9/h10-12,16-17,26-31,40-41H,13-15,18-25,32H2,1-9H3,(H-,48,49,53,54)/p+1. The molecule has 0 spiro atoms. The zero-order valence-electron chi connectivity index (χ0n) is 34.6. The maximum Gasteiger partial charge on any atom is 0.351 e. The van der Waals surface area contributed by atoms with Crippen LogP contribution in [0.2, 0.25) is 0 Å². The summed E-state index contributed by atoms with van der Waals surface area (Å²) in [7, 11) is 0. The van der Waals surface area contributed by atoms with E-state index in [4.69, 9.17) is 9.98 Å². The van der Waals surface area contributed by atoms with E-state index in [1.165, 1.54) is 22.6 Å². The topological polar surface area (TPSA) is 74.7 Å². The van der Waals surface area contributed by atoms with E-state index in [9.17, 15) is 10.2 Å². The molecule has 3 aromatic carbocycles. The highest BCUT2D eigenvalue weighted by molar-refractivity contribution is 5.86. The normalized spacial score (nSPS) is 19.9. The molecule has 7 nitrogen and oxygen atoms in total. The van der Waals surface area contributed by atoms with Crippen molar-refractivity contribution >= 4 is 18.4 Å². The Morgan fingerprint density at radius 3 is 1.83 bits per heavy atom. The molecule has 0 amide bonds. The van der Waals surface area contributed by atoms with Crippen molar-refractivity contribution in [3.63, 3.8) is 0 Å². The van der Waals surface area contributed by atoms with Crippen LogP contribution in [0.25, 0.3) is 0 Å². The van der Waals surface area contributed by atoms with Crippen molar-refractivity contribution in [3.05, 3.63) is 93.5 Å².